The van der Waals surface area contributed by atoms with Crippen LogP contribution in [0.3, 0.4) is 0 Å². The van der Waals surface area contributed by atoms with E-state index in [9.17, 15) is 0 Å². The maximum atomic E-state index is 5.45. The van der Waals surface area contributed by atoms with Crippen LogP contribution < -0.4 is 5.32 Å². The summed E-state index contributed by atoms with van der Waals surface area (Å²) in [5.41, 5.74) is 0. The Kier molecular flexibility index (Phi) is 5.30. The monoisotopic (exact) mass is 239 g/mol. The summed E-state index contributed by atoms with van der Waals surface area (Å²) in [5.74, 6) is 2.85. The molecule has 3 unspecified atom stereocenters. The van der Waals surface area contributed by atoms with Crippen LogP contribution in [0.25, 0.3) is 0 Å². The summed E-state index contributed by atoms with van der Waals surface area (Å²) in [5, 5.41) is 3.60. The van der Waals surface area contributed by atoms with Gasteiger partial charge in [0.15, 0.2) is 0 Å². The molecule has 0 aromatic heterocycles. The minimum absolute atomic E-state index is 0.759. The molecule has 3 atom stereocenters. The zero-order valence-corrected chi connectivity index (χ0v) is 11.6. The van der Waals surface area contributed by atoms with Crippen molar-refractivity contribution in [3.05, 3.63) is 0 Å². The van der Waals surface area contributed by atoms with Crippen molar-refractivity contribution in [1.82, 2.24) is 5.32 Å². The van der Waals surface area contributed by atoms with E-state index in [1.807, 2.05) is 0 Å². The van der Waals surface area contributed by atoms with E-state index in [4.69, 9.17) is 4.74 Å². The summed E-state index contributed by atoms with van der Waals surface area (Å²) in [6.45, 7) is 4.33. The normalized spacial score (nSPS) is 32.8. The Morgan fingerprint density at radius 2 is 1.88 bits per heavy atom. The topological polar surface area (TPSA) is 21.3 Å². The third kappa shape index (κ3) is 3.69. The number of hydrogen-bond donors (Lipinski definition) is 1. The van der Waals surface area contributed by atoms with Crippen molar-refractivity contribution in [2.75, 3.05) is 20.3 Å². The van der Waals surface area contributed by atoms with Gasteiger partial charge in [0.1, 0.15) is 0 Å². The van der Waals surface area contributed by atoms with Gasteiger partial charge < -0.3 is 10.1 Å². The molecule has 0 aromatic rings. The molecule has 1 heterocycles. The van der Waals surface area contributed by atoms with Gasteiger partial charge >= 0.3 is 0 Å². The first-order valence-corrected chi connectivity index (χ1v) is 7.58. The van der Waals surface area contributed by atoms with E-state index >= 15 is 0 Å². The first-order valence-electron chi connectivity index (χ1n) is 7.58. The Labute approximate surface area is 107 Å². The summed E-state index contributed by atoms with van der Waals surface area (Å²) in [6, 6.07) is 0.759. The van der Waals surface area contributed by atoms with Crippen LogP contribution in [0.15, 0.2) is 0 Å². The maximum absolute atomic E-state index is 5.45. The molecule has 100 valence electrons. The molecule has 1 aliphatic heterocycles. The van der Waals surface area contributed by atoms with Crippen molar-refractivity contribution in [3.8, 4) is 0 Å². The Morgan fingerprint density at radius 1 is 1.12 bits per heavy atom. The molecule has 1 N–H and O–H groups in total. The summed E-state index contributed by atoms with van der Waals surface area (Å²) < 4.78 is 5.45. The number of nitrogens with one attached hydrogen (secondary N) is 1. The fraction of sp³-hybridized carbons (Fsp3) is 1.00. The lowest BCUT2D eigenvalue weighted by atomic mass is 9.85. The molecule has 2 nitrogen and oxygen atoms in total. The van der Waals surface area contributed by atoms with Crippen molar-refractivity contribution in [2.45, 2.75) is 57.9 Å². The predicted molar refractivity (Wildman–Crippen MR) is 72.1 cm³/mol. The third-order valence-electron chi connectivity index (χ3n) is 5.03. The highest BCUT2D eigenvalue weighted by Gasteiger charge is 2.30. The number of hydrogen-bond acceptors (Lipinski definition) is 2. The molecule has 1 saturated heterocycles. The van der Waals surface area contributed by atoms with Gasteiger partial charge in [0.05, 0.1) is 0 Å². The molecule has 17 heavy (non-hydrogen) atoms. The molecular formula is C15H29NO. The highest BCUT2D eigenvalue weighted by molar-refractivity contribution is 4.85. The van der Waals surface area contributed by atoms with E-state index in [1.165, 1.54) is 44.9 Å². The van der Waals surface area contributed by atoms with Crippen molar-refractivity contribution in [3.63, 3.8) is 0 Å². The maximum Gasteiger partial charge on any atom is 0.0468 e. The van der Waals surface area contributed by atoms with Gasteiger partial charge in [-0.3, -0.25) is 0 Å². The van der Waals surface area contributed by atoms with Crippen LogP contribution in [0, 0.1) is 17.8 Å². The first kappa shape index (κ1) is 13.4. The van der Waals surface area contributed by atoms with E-state index in [1.54, 1.807) is 0 Å². The molecule has 2 heteroatoms. The molecule has 0 spiro atoms. The van der Waals surface area contributed by atoms with Gasteiger partial charge in [-0.15, -0.1) is 0 Å². The number of rotatable bonds is 5. The Hall–Kier alpha value is -0.0800. The lowest BCUT2D eigenvalue weighted by Gasteiger charge is -2.30. The van der Waals surface area contributed by atoms with Crippen molar-refractivity contribution < 1.29 is 4.74 Å². The second-order valence-electron chi connectivity index (χ2n) is 6.03. The van der Waals surface area contributed by atoms with Crippen molar-refractivity contribution in [1.29, 1.82) is 0 Å². The van der Waals surface area contributed by atoms with Gasteiger partial charge in [-0.1, -0.05) is 19.8 Å². The van der Waals surface area contributed by atoms with E-state index in [2.05, 4.69) is 19.3 Å². The highest BCUT2D eigenvalue weighted by Crippen LogP contribution is 2.37. The van der Waals surface area contributed by atoms with Crippen LogP contribution in [0.2, 0.25) is 0 Å². The highest BCUT2D eigenvalue weighted by atomic mass is 16.5. The smallest absolute Gasteiger partial charge is 0.0468 e. The lowest BCUT2D eigenvalue weighted by Crippen LogP contribution is -2.35. The molecule has 2 aliphatic rings. The van der Waals surface area contributed by atoms with Crippen molar-refractivity contribution in [2.24, 2.45) is 17.8 Å². The van der Waals surface area contributed by atoms with Gasteiger partial charge in [-0.2, -0.15) is 0 Å². The standard InChI is InChI=1S/C15H29NO/c1-3-12-4-5-14(10-12)15(16-2)11-13-6-8-17-9-7-13/h12-16H,3-11H2,1-2H3. The second kappa shape index (κ2) is 6.75. The molecule has 0 bridgehead atoms. The van der Waals surface area contributed by atoms with Crippen molar-refractivity contribution >= 4 is 0 Å². The second-order valence-corrected chi connectivity index (χ2v) is 6.03. The minimum atomic E-state index is 0.759. The summed E-state index contributed by atoms with van der Waals surface area (Å²) in [6.07, 6.45) is 9.70. The van der Waals surface area contributed by atoms with Crippen LogP contribution in [-0.4, -0.2) is 26.3 Å². The summed E-state index contributed by atoms with van der Waals surface area (Å²) >= 11 is 0. The Morgan fingerprint density at radius 3 is 2.47 bits per heavy atom. The average molecular weight is 239 g/mol. The number of ether oxygens (including phenoxy) is 1. The summed E-state index contributed by atoms with van der Waals surface area (Å²) in [4.78, 5) is 0. The zero-order valence-electron chi connectivity index (χ0n) is 11.6. The molecule has 1 aliphatic carbocycles. The largest absolute Gasteiger partial charge is 0.381 e. The SMILES string of the molecule is CCC1CCC(C(CC2CCOCC2)NC)C1. The van der Waals surface area contributed by atoms with Gasteiger partial charge in [0.25, 0.3) is 0 Å². The third-order valence-corrected chi connectivity index (χ3v) is 5.03. The summed E-state index contributed by atoms with van der Waals surface area (Å²) in [7, 11) is 2.16. The van der Waals surface area contributed by atoms with Gasteiger partial charge in [-0.25, -0.2) is 0 Å². The van der Waals surface area contributed by atoms with E-state index in [0.29, 0.717) is 0 Å². The molecule has 0 amide bonds. The fourth-order valence-corrected chi connectivity index (χ4v) is 3.74. The quantitative estimate of drug-likeness (QED) is 0.795. The Balaban J connectivity index is 1.79. The van der Waals surface area contributed by atoms with Crippen LogP contribution in [0.4, 0.5) is 0 Å². The van der Waals surface area contributed by atoms with Gasteiger partial charge in [-0.05, 0) is 56.9 Å². The average Bonchev–Trinajstić information content (AvgIpc) is 2.86. The zero-order chi connectivity index (χ0) is 12.1. The van der Waals surface area contributed by atoms with E-state index in [0.717, 1.165) is 37.0 Å². The molecule has 2 rings (SSSR count). The molecular weight excluding hydrogens is 210 g/mol. The van der Waals surface area contributed by atoms with Gasteiger partial charge in [0, 0.05) is 19.3 Å². The molecule has 0 radical (unpaired) electrons. The van der Waals surface area contributed by atoms with Crippen LogP contribution in [0.5, 0.6) is 0 Å². The fourth-order valence-electron chi connectivity index (χ4n) is 3.74. The first-order chi connectivity index (χ1) is 8.33. The lowest BCUT2D eigenvalue weighted by molar-refractivity contribution is 0.0582. The van der Waals surface area contributed by atoms with Gasteiger partial charge in [0.2, 0.25) is 0 Å². The van der Waals surface area contributed by atoms with Crippen LogP contribution in [0.1, 0.15) is 51.9 Å². The molecule has 0 aromatic carbocycles. The molecule has 2 fully saturated rings. The predicted octanol–water partition coefficient (Wildman–Crippen LogP) is 3.22. The van der Waals surface area contributed by atoms with Crippen LogP contribution >= 0.6 is 0 Å². The van der Waals surface area contributed by atoms with E-state index in [-0.39, 0.29) is 0 Å². The van der Waals surface area contributed by atoms with Crippen LogP contribution in [-0.2, 0) is 4.74 Å². The minimum Gasteiger partial charge on any atom is -0.381 e. The van der Waals surface area contributed by atoms with E-state index < -0.39 is 0 Å². The Bertz CT molecular complexity index is 213. The molecule has 1 saturated carbocycles.